The van der Waals surface area contributed by atoms with Gasteiger partial charge in [-0.3, -0.25) is 14.6 Å². The molecule has 1 amide bonds. The lowest BCUT2D eigenvalue weighted by atomic mass is 9.95. The lowest BCUT2D eigenvalue weighted by Gasteiger charge is -2.27. The zero-order valence-electron chi connectivity index (χ0n) is 21.0. The van der Waals surface area contributed by atoms with Gasteiger partial charge in [-0.05, 0) is 57.3 Å². The number of amides is 1. The molecule has 1 aliphatic rings. The van der Waals surface area contributed by atoms with Crippen LogP contribution in [-0.4, -0.2) is 72.0 Å². The third kappa shape index (κ3) is 6.19. The van der Waals surface area contributed by atoms with Crippen molar-refractivity contribution in [1.82, 2.24) is 14.8 Å². The number of unbranched alkanes of at least 4 members (excludes halogenated alkanes) is 2. The molecule has 1 aromatic heterocycles. The van der Waals surface area contributed by atoms with Crippen LogP contribution in [0, 0.1) is 0 Å². The monoisotopic (exact) mass is 481 g/mol. The molecule has 1 saturated heterocycles. The molecule has 1 atom stereocenters. The summed E-state index contributed by atoms with van der Waals surface area (Å²) in [4.78, 5) is 33.7. The lowest BCUT2D eigenvalue weighted by molar-refractivity contribution is -0.140. The minimum Gasteiger partial charge on any atom is -0.507 e. The van der Waals surface area contributed by atoms with E-state index < -0.39 is 17.7 Å². The third-order valence-corrected chi connectivity index (χ3v) is 5.87. The number of Topliss-reactive ketones (excluding diaryl/α,β-unsaturated/α-hetero) is 1. The highest BCUT2D eigenvalue weighted by Gasteiger charge is 2.46. The van der Waals surface area contributed by atoms with E-state index in [2.05, 4.69) is 11.9 Å². The fourth-order valence-electron chi connectivity index (χ4n) is 4.05. The summed E-state index contributed by atoms with van der Waals surface area (Å²) in [6.07, 6.45) is 6.19. The van der Waals surface area contributed by atoms with Crippen molar-refractivity contribution in [2.75, 3.05) is 40.4 Å². The molecule has 0 radical (unpaired) electrons. The fraction of sp³-hybridized carbons (Fsp3) is 0.444. The first kappa shape index (κ1) is 26.2. The molecule has 1 fully saturated rings. The minimum atomic E-state index is -0.753. The molecule has 8 heteroatoms. The van der Waals surface area contributed by atoms with Gasteiger partial charge in [-0.25, -0.2) is 0 Å². The topological polar surface area (TPSA) is 92.2 Å². The number of carbonyl (C=O) groups is 2. The van der Waals surface area contributed by atoms with Crippen molar-refractivity contribution in [3.05, 3.63) is 59.4 Å². The number of aromatic nitrogens is 1. The average Bonchev–Trinajstić information content (AvgIpc) is 3.11. The number of rotatable bonds is 12. The summed E-state index contributed by atoms with van der Waals surface area (Å²) in [5.41, 5.74) is 1.15. The van der Waals surface area contributed by atoms with Gasteiger partial charge in [0, 0.05) is 31.0 Å². The van der Waals surface area contributed by atoms with Gasteiger partial charge in [0.15, 0.2) is 11.5 Å². The first-order chi connectivity index (χ1) is 16.9. The van der Waals surface area contributed by atoms with Crippen molar-refractivity contribution in [2.45, 2.75) is 39.2 Å². The van der Waals surface area contributed by atoms with Crippen molar-refractivity contribution >= 4 is 17.4 Å². The van der Waals surface area contributed by atoms with Gasteiger partial charge in [-0.1, -0.05) is 25.8 Å². The van der Waals surface area contributed by atoms with Gasteiger partial charge >= 0.3 is 0 Å². The Morgan fingerprint density at radius 2 is 1.80 bits per heavy atom. The molecule has 1 unspecified atom stereocenters. The van der Waals surface area contributed by atoms with Crippen LogP contribution in [0.5, 0.6) is 11.5 Å². The number of ketones is 1. The Kier molecular flexibility index (Phi) is 9.25. The number of benzene rings is 1. The Hall–Kier alpha value is -3.39. The fourth-order valence-corrected chi connectivity index (χ4v) is 4.05. The van der Waals surface area contributed by atoms with E-state index in [0.717, 1.165) is 19.3 Å². The third-order valence-electron chi connectivity index (χ3n) is 5.87. The molecule has 0 bridgehead atoms. The molecule has 2 aromatic rings. The van der Waals surface area contributed by atoms with Crippen LogP contribution in [-0.2, 0) is 9.59 Å². The maximum absolute atomic E-state index is 13.1. The molecule has 0 spiro atoms. The highest BCUT2D eigenvalue weighted by Crippen LogP contribution is 2.42. The molecule has 8 nitrogen and oxygen atoms in total. The quantitative estimate of drug-likeness (QED) is 0.212. The predicted molar refractivity (Wildman–Crippen MR) is 134 cm³/mol. The first-order valence-electron chi connectivity index (χ1n) is 12.1. The number of aliphatic hydroxyl groups is 1. The van der Waals surface area contributed by atoms with E-state index in [0.29, 0.717) is 48.9 Å². The van der Waals surface area contributed by atoms with Crippen LogP contribution in [0.2, 0.25) is 0 Å². The van der Waals surface area contributed by atoms with Crippen LogP contribution in [0.15, 0.2) is 48.3 Å². The Bertz CT molecular complexity index is 1050. The predicted octanol–water partition coefficient (Wildman–Crippen LogP) is 4.03. The second kappa shape index (κ2) is 12.4. The lowest BCUT2D eigenvalue weighted by Crippen LogP contribution is -2.35. The Balaban J connectivity index is 2.07. The van der Waals surface area contributed by atoms with E-state index in [1.54, 1.807) is 18.2 Å². The van der Waals surface area contributed by atoms with Crippen molar-refractivity contribution in [2.24, 2.45) is 0 Å². The summed E-state index contributed by atoms with van der Waals surface area (Å²) in [5, 5.41) is 11.1. The number of pyridine rings is 1. The van der Waals surface area contributed by atoms with Crippen LogP contribution in [0.4, 0.5) is 0 Å². The van der Waals surface area contributed by atoms with Gasteiger partial charge in [0.05, 0.1) is 24.8 Å². The molecule has 1 aromatic carbocycles. The van der Waals surface area contributed by atoms with Gasteiger partial charge in [0.1, 0.15) is 5.76 Å². The summed E-state index contributed by atoms with van der Waals surface area (Å²) in [6, 6.07) is 7.91. The molecule has 1 N–H and O–H groups in total. The second-order valence-electron chi connectivity index (χ2n) is 8.73. The highest BCUT2D eigenvalue weighted by atomic mass is 16.5. The number of carbonyl (C=O) groups excluding carboxylic acids is 2. The Morgan fingerprint density at radius 1 is 1.06 bits per heavy atom. The summed E-state index contributed by atoms with van der Waals surface area (Å²) in [5.74, 6) is -0.401. The van der Waals surface area contributed by atoms with Gasteiger partial charge < -0.3 is 24.4 Å². The van der Waals surface area contributed by atoms with E-state index in [4.69, 9.17) is 9.47 Å². The minimum absolute atomic E-state index is 0.0546. The van der Waals surface area contributed by atoms with Crippen LogP contribution in [0.1, 0.15) is 50.3 Å². The summed E-state index contributed by atoms with van der Waals surface area (Å²) in [6.45, 7) is 5.94. The molecule has 0 aliphatic carbocycles. The molecule has 2 heterocycles. The molecule has 188 valence electrons. The van der Waals surface area contributed by atoms with Crippen LogP contribution < -0.4 is 9.47 Å². The van der Waals surface area contributed by atoms with Gasteiger partial charge in [-0.2, -0.15) is 0 Å². The maximum Gasteiger partial charge on any atom is 0.295 e. The zero-order chi connectivity index (χ0) is 25.4. The van der Waals surface area contributed by atoms with Gasteiger partial charge in [0.25, 0.3) is 11.7 Å². The van der Waals surface area contributed by atoms with Crippen molar-refractivity contribution in [3.8, 4) is 11.5 Å². The van der Waals surface area contributed by atoms with E-state index >= 15 is 0 Å². The number of likely N-dealkylation sites (N-methyl/N-ethyl adjacent to an activating group) is 1. The molecular formula is C27H35N3O5. The van der Waals surface area contributed by atoms with E-state index in [1.165, 1.54) is 17.3 Å². The molecule has 35 heavy (non-hydrogen) atoms. The molecule has 3 rings (SSSR count). The van der Waals surface area contributed by atoms with Crippen molar-refractivity contribution in [3.63, 3.8) is 0 Å². The maximum atomic E-state index is 13.1. The molecule has 0 saturated carbocycles. The van der Waals surface area contributed by atoms with Crippen LogP contribution in [0.3, 0.4) is 0 Å². The average molecular weight is 482 g/mol. The van der Waals surface area contributed by atoms with Crippen LogP contribution in [0.25, 0.3) is 5.76 Å². The second-order valence-corrected chi connectivity index (χ2v) is 8.73. The van der Waals surface area contributed by atoms with Crippen molar-refractivity contribution < 1.29 is 24.2 Å². The largest absolute Gasteiger partial charge is 0.507 e. The van der Waals surface area contributed by atoms with Gasteiger partial charge in [-0.15, -0.1) is 0 Å². The zero-order valence-corrected chi connectivity index (χ0v) is 21.0. The van der Waals surface area contributed by atoms with Crippen molar-refractivity contribution in [1.29, 1.82) is 0 Å². The number of hydrogen-bond donors (Lipinski definition) is 1. The molecular weight excluding hydrogens is 446 g/mol. The van der Waals surface area contributed by atoms with Crippen LogP contribution >= 0.6 is 0 Å². The Morgan fingerprint density at radius 3 is 2.46 bits per heavy atom. The normalized spacial score (nSPS) is 17.3. The number of hydrogen-bond acceptors (Lipinski definition) is 7. The number of likely N-dealkylation sites (tertiary alicyclic amines) is 1. The number of aliphatic hydroxyl groups excluding tert-OH is 1. The van der Waals surface area contributed by atoms with E-state index in [-0.39, 0.29) is 11.3 Å². The molecule has 1 aliphatic heterocycles. The Labute approximate surface area is 207 Å². The number of ether oxygens (including phenoxy) is 2. The first-order valence-corrected chi connectivity index (χ1v) is 12.1. The number of nitrogens with zero attached hydrogens (tertiary/aromatic N) is 3. The summed E-state index contributed by atoms with van der Waals surface area (Å²) < 4.78 is 11.8. The summed E-state index contributed by atoms with van der Waals surface area (Å²) in [7, 11) is 3.81. The summed E-state index contributed by atoms with van der Waals surface area (Å²) >= 11 is 0. The van der Waals surface area contributed by atoms with E-state index in [9.17, 15) is 14.7 Å². The van der Waals surface area contributed by atoms with Gasteiger partial charge in [0.2, 0.25) is 0 Å². The highest BCUT2D eigenvalue weighted by molar-refractivity contribution is 6.46. The standard InChI is InChI=1S/C27H35N3O5/c1-5-7-8-17-35-21-10-9-20(18-22(21)34-6-2)24-23(25(31)19-11-13-28-14-12-19)26(32)27(33)30(24)16-15-29(3)4/h9-14,18,24,31H,5-8,15-17H2,1-4H3/b25-23+. The SMILES string of the molecule is CCCCCOc1ccc(C2/C(=C(\O)c3ccncc3)C(=O)C(=O)N2CCN(C)C)cc1OCC. The smallest absolute Gasteiger partial charge is 0.295 e. The van der Waals surface area contributed by atoms with E-state index in [1.807, 2.05) is 38.1 Å².